The summed E-state index contributed by atoms with van der Waals surface area (Å²) in [6.07, 6.45) is -12.2. The Labute approximate surface area is 353 Å². The number of hydrogen-bond donors (Lipinski definition) is 9. The molecular weight excluding hydrogens is 808 g/mol. The molecule has 8 aliphatic rings. The molecule has 0 aromatic rings. The van der Waals surface area contributed by atoms with E-state index in [0.29, 0.717) is 44.9 Å². The van der Waals surface area contributed by atoms with Gasteiger partial charge in [-0.2, -0.15) is 0 Å². The third-order valence-corrected chi connectivity index (χ3v) is 16.3. The fourth-order valence-electron chi connectivity index (χ4n) is 12.9. The number of ether oxygens (including phenoxy) is 8. The molecule has 7 fully saturated rings. The number of cyclic esters (lactones) is 1. The molecule has 4 saturated carbocycles. The largest absolute Gasteiger partial charge is 0.458 e. The van der Waals surface area contributed by atoms with Crippen LogP contribution < -0.4 is 0 Å². The number of rotatable bonds is 11. The van der Waals surface area contributed by atoms with E-state index in [0.717, 1.165) is 18.3 Å². The predicted octanol–water partition coefficient (Wildman–Crippen LogP) is -1.92. The number of esters is 1. The van der Waals surface area contributed by atoms with Gasteiger partial charge in [0, 0.05) is 31.4 Å². The third kappa shape index (κ3) is 7.55. The highest BCUT2D eigenvalue weighted by atomic mass is 16.8. The number of carbonyl (C=O) groups is 2. The maximum Gasteiger partial charge on any atom is 0.331 e. The van der Waals surface area contributed by atoms with E-state index in [1.807, 2.05) is 0 Å². The number of carbonyl (C=O) groups excluding carboxylic acids is 2. The Morgan fingerprint density at radius 3 is 2.18 bits per heavy atom. The second-order valence-corrected chi connectivity index (χ2v) is 19.2. The van der Waals surface area contributed by atoms with E-state index < -0.39 is 127 Å². The van der Waals surface area contributed by atoms with Crippen molar-refractivity contribution in [2.45, 2.75) is 181 Å². The van der Waals surface area contributed by atoms with Crippen molar-refractivity contribution in [3.63, 3.8) is 0 Å². The summed E-state index contributed by atoms with van der Waals surface area (Å²) in [7, 11) is 1.47. The highest BCUT2D eigenvalue weighted by Gasteiger charge is 2.71. The summed E-state index contributed by atoms with van der Waals surface area (Å²) in [4.78, 5) is 25.3. The number of methoxy groups -OCH3 is 1. The fourth-order valence-corrected chi connectivity index (χ4v) is 12.9. The lowest BCUT2D eigenvalue weighted by atomic mass is 9.41. The monoisotopic (exact) mass is 872 g/mol. The molecule has 61 heavy (non-hydrogen) atoms. The minimum atomic E-state index is -1.75. The van der Waals surface area contributed by atoms with Gasteiger partial charge in [-0.3, -0.25) is 0 Å². The molecule has 0 bridgehead atoms. The smallest absolute Gasteiger partial charge is 0.331 e. The van der Waals surface area contributed by atoms with Crippen molar-refractivity contribution in [1.29, 1.82) is 0 Å². The minimum absolute atomic E-state index is 0.00485. The van der Waals surface area contributed by atoms with Crippen molar-refractivity contribution in [2.75, 3.05) is 26.9 Å². The molecule has 8 rings (SSSR count). The topological polar surface area (TPSA) is 290 Å². The first-order chi connectivity index (χ1) is 28.9. The minimum Gasteiger partial charge on any atom is -0.458 e. The van der Waals surface area contributed by atoms with Gasteiger partial charge < -0.3 is 88.6 Å². The van der Waals surface area contributed by atoms with E-state index >= 15 is 0 Å². The highest BCUT2D eigenvalue weighted by molar-refractivity contribution is 5.85. The first-order valence-corrected chi connectivity index (χ1v) is 21.8. The van der Waals surface area contributed by atoms with Gasteiger partial charge in [-0.25, -0.2) is 4.79 Å². The maximum absolute atomic E-state index is 13.3. The molecule has 0 aromatic heterocycles. The summed E-state index contributed by atoms with van der Waals surface area (Å²) in [5.74, 6) is -0.767. The number of fused-ring (bicyclic) bond motifs is 5. The number of aldehydes is 1. The summed E-state index contributed by atoms with van der Waals surface area (Å²) in [5.41, 5.74) is -3.06. The first-order valence-electron chi connectivity index (χ1n) is 21.8. The lowest BCUT2D eigenvalue weighted by Crippen LogP contribution is -2.69. The van der Waals surface area contributed by atoms with Crippen molar-refractivity contribution < 1.29 is 93.4 Å². The lowest BCUT2D eigenvalue weighted by Gasteiger charge is -2.65. The van der Waals surface area contributed by atoms with Crippen LogP contribution in [0.4, 0.5) is 0 Å². The zero-order chi connectivity index (χ0) is 43.8. The molecule has 4 heterocycles. The molecule has 0 spiro atoms. The van der Waals surface area contributed by atoms with Crippen molar-refractivity contribution in [2.24, 2.45) is 28.6 Å². The van der Waals surface area contributed by atoms with Gasteiger partial charge in [0.05, 0.1) is 48.1 Å². The van der Waals surface area contributed by atoms with E-state index in [9.17, 15) is 55.5 Å². The van der Waals surface area contributed by atoms with Gasteiger partial charge in [-0.1, -0.05) is 6.92 Å². The molecule has 19 nitrogen and oxygen atoms in total. The second-order valence-electron chi connectivity index (χ2n) is 19.2. The lowest BCUT2D eigenvalue weighted by molar-refractivity contribution is -0.355. The molecule has 0 radical (unpaired) electrons. The summed E-state index contributed by atoms with van der Waals surface area (Å²) >= 11 is 0. The maximum atomic E-state index is 13.3. The van der Waals surface area contributed by atoms with Crippen LogP contribution in [0.3, 0.4) is 0 Å². The molecule has 3 saturated heterocycles. The summed E-state index contributed by atoms with van der Waals surface area (Å²) < 4.78 is 46.7. The summed E-state index contributed by atoms with van der Waals surface area (Å²) in [5, 5.41) is 97.4. The predicted molar refractivity (Wildman–Crippen MR) is 203 cm³/mol. The van der Waals surface area contributed by atoms with Gasteiger partial charge in [0.2, 0.25) is 0 Å². The Hall–Kier alpha value is -1.76. The van der Waals surface area contributed by atoms with E-state index in [2.05, 4.69) is 6.92 Å². The SMILES string of the molecule is CO[C@H]1C[C@@H](O[C@H]2CC[C@@]3(C=O)[C@@H]4CC[C@@]5(C)[C@H](C6=CC(=O)OC6)CC[C@]5(O)[C@H]4CC[C@@]3(O)C2)O[C@H](C)[C@@H]1O[C@H]1O[C@@H](CO[C@@H]2O[C@H](CO)[C@H](O)[C@H](O)[C@@H]2O)[C@H](O)[C@@H](O)[C@@H]1O. The fraction of sp³-hybridized carbons (Fsp3) is 0.905. The van der Waals surface area contributed by atoms with Gasteiger partial charge >= 0.3 is 5.97 Å². The molecule has 22 atom stereocenters. The van der Waals surface area contributed by atoms with Gasteiger partial charge in [-0.05, 0) is 81.6 Å². The van der Waals surface area contributed by atoms with Crippen molar-refractivity contribution in [3.05, 3.63) is 11.6 Å². The average molecular weight is 873 g/mol. The number of hydrogen-bond acceptors (Lipinski definition) is 19. The van der Waals surface area contributed by atoms with Crippen LogP contribution in [0.5, 0.6) is 0 Å². The van der Waals surface area contributed by atoms with E-state index in [4.69, 9.17) is 37.9 Å². The van der Waals surface area contributed by atoms with Gasteiger partial charge in [0.15, 0.2) is 18.9 Å². The quantitative estimate of drug-likeness (QED) is 0.0622. The zero-order valence-electron chi connectivity index (χ0n) is 34.8. The van der Waals surface area contributed by atoms with Crippen LogP contribution in [-0.4, -0.2) is 188 Å². The van der Waals surface area contributed by atoms with Gasteiger partial charge in [0.25, 0.3) is 0 Å². The van der Waals surface area contributed by atoms with Crippen LogP contribution in [0, 0.1) is 28.6 Å². The average Bonchev–Trinajstić information content (AvgIpc) is 3.79. The number of aliphatic hydroxyl groups is 9. The molecule has 0 unspecified atom stereocenters. The van der Waals surface area contributed by atoms with Crippen LogP contribution in [0.2, 0.25) is 0 Å². The summed E-state index contributed by atoms with van der Waals surface area (Å²) in [6, 6.07) is 0. The molecule has 4 aliphatic carbocycles. The Kier molecular flexibility index (Phi) is 12.9. The van der Waals surface area contributed by atoms with Crippen molar-refractivity contribution >= 4 is 12.3 Å². The highest BCUT2D eigenvalue weighted by Crippen LogP contribution is 2.70. The van der Waals surface area contributed by atoms with Crippen molar-refractivity contribution in [3.8, 4) is 0 Å². The summed E-state index contributed by atoms with van der Waals surface area (Å²) in [6.45, 7) is 2.86. The van der Waals surface area contributed by atoms with Crippen LogP contribution in [-0.2, 0) is 47.5 Å². The van der Waals surface area contributed by atoms with Crippen LogP contribution in [0.15, 0.2) is 11.6 Å². The Morgan fingerprint density at radius 2 is 1.51 bits per heavy atom. The standard InChI is InChI=1S/C42H64O19/c1-19-36(61-38-35(51)33(49)31(47)27(60-38)17-56-37-34(50)32(48)30(46)26(15-43)59-37)25(54-3)13-29(57-19)58-21-4-9-40(18-44)23-5-8-39(2)22(20-12-28(45)55-16-20)7-11-42(39,53)24(23)6-10-41(40,52)14-21/h12,18-19,21-27,29-38,43,46-53H,4-11,13-17H2,1-3H3/t19-,21+,22+,23-,24+,25+,26-,27+,29-,30+,31+,32+,33-,34+,35+,36+,37-,38-,39+,40-,41-,42+/m1/s1. The third-order valence-electron chi connectivity index (χ3n) is 16.3. The van der Waals surface area contributed by atoms with Crippen LogP contribution in [0.25, 0.3) is 0 Å². The van der Waals surface area contributed by atoms with Crippen LogP contribution in [0.1, 0.15) is 78.1 Å². The van der Waals surface area contributed by atoms with E-state index in [1.54, 1.807) is 13.0 Å². The van der Waals surface area contributed by atoms with Gasteiger partial charge in [0.1, 0.15) is 67.8 Å². The molecule has 346 valence electrons. The molecule has 9 N–H and O–H groups in total. The molecule has 0 aromatic carbocycles. The van der Waals surface area contributed by atoms with Crippen molar-refractivity contribution in [1.82, 2.24) is 0 Å². The Balaban J connectivity index is 0.886. The normalized spacial score (nSPS) is 53.6. The number of aliphatic hydroxyl groups excluding tert-OH is 7. The molecular formula is C42H64O19. The van der Waals surface area contributed by atoms with Crippen LogP contribution >= 0.6 is 0 Å². The molecule has 0 amide bonds. The zero-order valence-corrected chi connectivity index (χ0v) is 34.8. The molecule has 4 aliphatic heterocycles. The van der Waals surface area contributed by atoms with E-state index in [-0.39, 0.29) is 43.2 Å². The first kappa shape index (κ1) is 45.8. The second kappa shape index (κ2) is 17.2. The molecule has 19 heteroatoms. The van der Waals surface area contributed by atoms with E-state index in [1.165, 1.54) is 7.11 Å². The Bertz CT molecular complexity index is 1630. The Morgan fingerprint density at radius 1 is 0.820 bits per heavy atom. The van der Waals surface area contributed by atoms with Gasteiger partial charge in [-0.15, -0.1) is 0 Å².